The Morgan fingerprint density at radius 1 is 1.22 bits per heavy atom. The lowest BCUT2D eigenvalue weighted by atomic mass is 10.2. The molecule has 1 unspecified atom stereocenters. The Morgan fingerprint density at radius 3 is 2.81 bits per heavy atom. The number of aryl methyl sites for hydroxylation is 1. The van der Waals surface area contributed by atoms with Crippen LogP contribution in [0.4, 0.5) is 4.79 Å². The minimum atomic E-state index is -0.447. The number of fused-ring (bicyclic) bond motifs is 1. The van der Waals surface area contributed by atoms with Crippen LogP contribution in [-0.4, -0.2) is 55.5 Å². The second-order valence-corrected chi connectivity index (χ2v) is 10.0. The molecule has 1 aliphatic heterocycles. The van der Waals surface area contributed by atoms with E-state index in [1.54, 1.807) is 12.3 Å². The molecular formula is C26H25ClN6O4. The average Bonchev–Trinajstić information content (AvgIpc) is 3.49. The first-order chi connectivity index (χ1) is 17.9. The van der Waals surface area contributed by atoms with E-state index >= 15 is 0 Å². The number of amides is 1. The van der Waals surface area contributed by atoms with Crippen molar-refractivity contribution in [2.24, 2.45) is 0 Å². The van der Waals surface area contributed by atoms with E-state index in [1.807, 2.05) is 35.8 Å². The predicted octanol–water partition coefficient (Wildman–Crippen LogP) is 4.32. The summed E-state index contributed by atoms with van der Waals surface area (Å²) in [6.45, 7) is 5.06. The van der Waals surface area contributed by atoms with Gasteiger partial charge in [0.2, 0.25) is 5.88 Å². The van der Waals surface area contributed by atoms with Gasteiger partial charge in [-0.1, -0.05) is 11.6 Å². The number of nitrogens with zero attached hydrogens (tertiary/aromatic N) is 5. The number of halogens is 1. The van der Waals surface area contributed by atoms with E-state index in [0.29, 0.717) is 52.3 Å². The summed E-state index contributed by atoms with van der Waals surface area (Å²) in [5, 5.41) is 3.07. The van der Waals surface area contributed by atoms with Gasteiger partial charge in [-0.05, 0) is 62.6 Å². The maximum absolute atomic E-state index is 11.2. The van der Waals surface area contributed by atoms with Gasteiger partial charge in [-0.15, -0.1) is 0 Å². The number of cyclic esters (lactones) is 1. The smallest absolute Gasteiger partial charge is 0.407 e. The van der Waals surface area contributed by atoms with Crippen molar-refractivity contribution in [1.82, 2.24) is 29.8 Å². The van der Waals surface area contributed by atoms with E-state index in [4.69, 9.17) is 30.8 Å². The molecule has 0 spiro atoms. The standard InChI is InChI=1S/C26H25ClN6O4/c1-15-5-8-28-16(9-15)12-33-22(32-21-23(33)30-14-31-24(21)37-26(2)6-7-26)19-4-3-17(10-20(19)27)36-18-11-29-25(34)35-13-18/h3-5,8-10,14,18H,6-7,11-13H2,1-2H3,(H,29,34). The molecular weight excluding hydrogens is 496 g/mol. The van der Waals surface area contributed by atoms with Crippen LogP contribution in [-0.2, 0) is 11.3 Å². The summed E-state index contributed by atoms with van der Waals surface area (Å²) >= 11 is 6.77. The lowest BCUT2D eigenvalue weighted by Crippen LogP contribution is -2.45. The lowest BCUT2D eigenvalue weighted by Gasteiger charge is -2.24. The molecule has 1 N–H and O–H groups in total. The predicted molar refractivity (Wildman–Crippen MR) is 136 cm³/mol. The number of nitrogens with one attached hydrogen (secondary N) is 1. The number of imidazole rings is 1. The molecule has 2 aliphatic rings. The zero-order valence-corrected chi connectivity index (χ0v) is 21.2. The minimum Gasteiger partial charge on any atom is -0.485 e. The van der Waals surface area contributed by atoms with Crippen LogP contribution in [0.3, 0.4) is 0 Å². The fourth-order valence-electron chi connectivity index (χ4n) is 4.20. The molecule has 37 heavy (non-hydrogen) atoms. The van der Waals surface area contributed by atoms with Crippen LogP contribution in [0.1, 0.15) is 31.0 Å². The van der Waals surface area contributed by atoms with Gasteiger partial charge in [-0.2, -0.15) is 4.98 Å². The maximum Gasteiger partial charge on any atom is 0.407 e. The number of pyridine rings is 1. The Kier molecular flexibility index (Phi) is 5.83. The van der Waals surface area contributed by atoms with E-state index in [-0.39, 0.29) is 18.3 Å². The Hall–Kier alpha value is -3.92. The highest BCUT2D eigenvalue weighted by molar-refractivity contribution is 6.33. The molecule has 1 saturated heterocycles. The van der Waals surface area contributed by atoms with Gasteiger partial charge in [-0.3, -0.25) is 4.98 Å². The minimum absolute atomic E-state index is 0.171. The van der Waals surface area contributed by atoms with E-state index < -0.39 is 6.09 Å². The van der Waals surface area contributed by atoms with E-state index in [0.717, 1.165) is 24.1 Å². The molecule has 1 amide bonds. The summed E-state index contributed by atoms with van der Waals surface area (Å²) in [5.74, 6) is 1.64. The SMILES string of the molecule is Cc1ccnc(Cn2c(-c3ccc(OC4CNC(=O)OC4)cc3Cl)nc3c(OC4(C)CC4)ncnc32)c1. The summed E-state index contributed by atoms with van der Waals surface area (Å²) in [6.07, 6.45) is 4.48. The first-order valence-electron chi connectivity index (χ1n) is 12.1. The van der Waals surface area contributed by atoms with Crippen molar-refractivity contribution < 1.29 is 19.0 Å². The quantitative estimate of drug-likeness (QED) is 0.383. The van der Waals surface area contributed by atoms with Crippen molar-refractivity contribution in [2.75, 3.05) is 13.2 Å². The highest BCUT2D eigenvalue weighted by Crippen LogP contribution is 2.41. The fraction of sp³-hybridized carbons (Fsp3) is 0.346. The van der Waals surface area contributed by atoms with Gasteiger partial charge in [0.15, 0.2) is 17.3 Å². The molecule has 2 fully saturated rings. The molecule has 1 aliphatic carbocycles. The summed E-state index contributed by atoms with van der Waals surface area (Å²) in [5.41, 5.74) is 3.67. The van der Waals surface area contributed by atoms with Gasteiger partial charge < -0.3 is 24.1 Å². The molecule has 190 valence electrons. The monoisotopic (exact) mass is 520 g/mol. The third-order valence-electron chi connectivity index (χ3n) is 6.45. The third kappa shape index (κ3) is 4.89. The van der Waals surface area contributed by atoms with Crippen molar-refractivity contribution in [1.29, 1.82) is 0 Å². The zero-order valence-electron chi connectivity index (χ0n) is 20.4. The molecule has 11 heteroatoms. The van der Waals surface area contributed by atoms with Crippen LogP contribution in [0.15, 0.2) is 42.9 Å². The highest BCUT2D eigenvalue weighted by Gasteiger charge is 2.41. The first kappa shape index (κ1) is 23.5. The second kappa shape index (κ2) is 9.19. The number of rotatable bonds is 7. The number of alkyl carbamates (subject to hydrolysis) is 1. The van der Waals surface area contributed by atoms with Gasteiger partial charge in [0.05, 0.1) is 23.8 Å². The molecule has 0 radical (unpaired) electrons. The third-order valence-corrected chi connectivity index (χ3v) is 6.76. The van der Waals surface area contributed by atoms with Crippen LogP contribution in [0, 0.1) is 6.92 Å². The van der Waals surface area contributed by atoms with E-state index in [9.17, 15) is 4.79 Å². The number of carbonyl (C=O) groups is 1. The van der Waals surface area contributed by atoms with Crippen molar-refractivity contribution in [3.05, 3.63) is 59.1 Å². The number of ether oxygens (including phenoxy) is 3. The first-order valence-corrected chi connectivity index (χ1v) is 12.4. The van der Waals surface area contributed by atoms with Crippen molar-refractivity contribution >= 4 is 28.9 Å². The normalized spacial score (nSPS) is 18.2. The molecule has 4 aromatic rings. The van der Waals surface area contributed by atoms with Gasteiger partial charge in [0.1, 0.15) is 30.1 Å². The Bertz CT molecular complexity index is 1490. The number of carbonyl (C=O) groups excluding carboxylic acids is 1. The van der Waals surface area contributed by atoms with Crippen molar-refractivity contribution in [2.45, 2.75) is 44.9 Å². The van der Waals surface area contributed by atoms with Crippen LogP contribution in [0.5, 0.6) is 11.6 Å². The molecule has 0 bridgehead atoms. The molecule has 3 aromatic heterocycles. The molecule has 1 atom stereocenters. The highest BCUT2D eigenvalue weighted by atomic mass is 35.5. The number of aromatic nitrogens is 5. The van der Waals surface area contributed by atoms with Crippen LogP contribution >= 0.6 is 11.6 Å². The zero-order chi connectivity index (χ0) is 25.6. The molecule has 1 aromatic carbocycles. The second-order valence-electron chi connectivity index (χ2n) is 9.61. The number of hydrogen-bond donors (Lipinski definition) is 1. The van der Waals surface area contributed by atoms with E-state index in [1.165, 1.54) is 6.33 Å². The van der Waals surface area contributed by atoms with Crippen LogP contribution in [0.25, 0.3) is 22.6 Å². The van der Waals surface area contributed by atoms with Crippen molar-refractivity contribution in [3.8, 4) is 23.0 Å². The maximum atomic E-state index is 11.2. The average molecular weight is 521 g/mol. The number of hydrogen-bond acceptors (Lipinski definition) is 8. The fourth-order valence-corrected chi connectivity index (χ4v) is 4.45. The summed E-state index contributed by atoms with van der Waals surface area (Å²) in [6, 6.07) is 9.40. The van der Waals surface area contributed by atoms with Gasteiger partial charge in [-0.25, -0.2) is 14.8 Å². The Balaban J connectivity index is 1.39. The topological polar surface area (TPSA) is 113 Å². The summed E-state index contributed by atoms with van der Waals surface area (Å²) in [4.78, 5) is 29.6. The lowest BCUT2D eigenvalue weighted by molar-refractivity contribution is 0.0563. The summed E-state index contributed by atoms with van der Waals surface area (Å²) in [7, 11) is 0. The Labute approximate surface area is 218 Å². The van der Waals surface area contributed by atoms with E-state index in [2.05, 4.69) is 27.2 Å². The number of benzene rings is 1. The summed E-state index contributed by atoms with van der Waals surface area (Å²) < 4.78 is 19.1. The van der Waals surface area contributed by atoms with Gasteiger partial charge in [0.25, 0.3) is 0 Å². The molecule has 1 saturated carbocycles. The molecule has 4 heterocycles. The Morgan fingerprint density at radius 2 is 2.08 bits per heavy atom. The van der Waals surface area contributed by atoms with Crippen LogP contribution < -0.4 is 14.8 Å². The van der Waals surface area contributed by atoms with Gasteiger partial charge >= 0.3 is 6.09 Å². The molecule has 6 rings (SSSR count). The van der Waals surface area contributed by atoms with Crippen molar-refractivity contribution in [3.63, 3.8) is 0 Å². The molecule has 10 nitrogen and oxygen atoms in total. The largest absolute Gasteiger partial charge is 0.485 e. The van der Waals surface area contributed by atoms with Crippen LogP contribution in [0.2, 0.25) is 5.02 Å². The van der Waals surface area contributed by atoms with Gasteiger partial charge in [0, 0.05) is 11.8 Å².